The molecule has 4 heteroatoms. The van der Waals surface area contributed by atoms with Gasteiger partial charge in [-0.25, -0.2) is 0 Å². The lowest BCUT2D eigenvalue weighted by Crippen LogP contribution is -2.45. The number of rotatable bonds is 1. The van der Waals surface area contributed by atoms with Crippen LogP contribution in [0.1, 0.15) is 13.8 Å². The van der Waals surface area contributed by atoms with Crippen molar-refractivity contribution in [3.05, 3.63) is 0 Å². The zero-order valence-corrected chi connectivity index (χ0v) is 6.59. The molecule has 0 atom stereocenters. The van der Waals surface area contributed by atoms with Crippen LogP contribution in [0, 0.1) is 5.92 Å². The Morgan fingerprint density at radius 1 is 1.55 bits per heavy atom. The predicted octanol–water partition coefficient (Wildman–Crippen LogP) is 0.882. The van der Waals surface area contributed by atoms with Crippen LogP contribution < -0.4 is 0 Å². The molecule has 0 radical (unpaired) electrons. The molecule has 3 nitrogen and oxygen atoms in total. The topological polar surface area (TPSA) is 35.5 Å². The highest BCUT2D eigenvalue weighted by Gasteiger charge is 2.39. The van der Waals surface area contributed by atoms with Crippen LogP contribution in [0.4, 0.5) is 4.39 Å². The van der Waals surface area contributed by atoms with Gasteiger partial charge in [-0.1, -0.05) is 6.92 Å². The van der Waals surface area contributed by atoms with Crippen LogP contribution in [0.5, 0.6) is 0 Å². The molecular weight excluding hydrogens is 151 g/mol. The van der Waals surface area contributed by atoms with Crippen molar-refractivity contribution >= 4 is 6.04 Å². The van der Waals surface area contributed by atoms with Crippen molar-refractivity contribution < 1.29 is 18.7 Å². The van der Waals surface area contributed by atoms with Gasteiger partial charge >= 0.3 is 6.04 Å². The number of halogens is 1. The minimum atomic E-state index is -1.65. The predicted molar refractivity (Wildman–Crippen MR) is 35.6 cm³/mol. The van der Waals surface area contributed by atoms with E-state index in [9.17, 15) is 9.18 Å². The first-order valence-corrected chi connectivity index (χ1v) is 3.52. The first-order valence-electron chi connectivity index (χ1n) is 3.52. The van der Waals surface area contributed by atoms with Crippen LogP contribution in [-0.4, -0.2) is 25.0 Å². The highest BCUT2D eigenvalue weighted by atomic mass is 19.1. The average Bonchev–Trinajstić information content (AvgIpc) is 1.95. The fourth-order valence-corrected chi connectivity index (χ4v) is 0.806. The smallest absolute Gasteiger partial charge is 0.341 e. The van der Waals surface area contributed by atoms with E-state index in [1.54, 1.807) is 0 Å². The van der Waals surface area contributed by atoms with Crippen molar-refractivity contribution in [3.8, 4) is 0 Å². The summed E-state index contributed by atoms with van der Waals surface area (Å²) in [5.41, 5.74) is 0. The van der Waals surface area contributed by atoms with Gasteiger partial charge < -0.3 is 9.47 Å². The van der Waals surface area contributed by atoms with Crippen LogP contribution in [0.2, 0.25) is 0 Å². The van der Waals surface area contributed by atoms with Crippen molar-refractivity contribution in [1.29, 1.82) is 0 Å². The molecule has 1 rings (SSSR count). The van der Waals surface area contributed by atoms with Crippen LogP contribution in [0.3, 0.4) is 0 Å². The third kappa shape index (κ3) is 1.75. The fraction of sp³-hybridized carbons (Fsp3) is 0.857. The molecule has 0 unspecified atom stereocenters. The molecule has 11 heavy (non-hydrogen) atoms. The van der Waals surface area contributed by atoms with E-state index < -0.39 is 11.8 Å². The van der Waals surface area contributed by atoms with Gasteiger partial charge in [-0.3, -0.25) is 4.79 Å². The Kier molecular flexibility index (Phi) is 2.25. The lowest BCUT2D eigenvalue weighted by molar-refractivity contribution is -0.263. The minimum Gasteiger partial charge on any atom is -0.341 e. The van der Waals surface area contributed by atoms with Crippen LogP contribution in [-0.2, 0) is 14.3 Å². The first-order chi connectivity index (χ1) is 5.04. The van der Waals surface area contributed by atoms with Gasteiger partial charge in [0.05, 0.1) is 13.2 Å². The van der Waals surface area contributed by atoms with E-state index in [0.717, 1.165) is 0 Å². The number of hydrogen-bond acceptors (Lipinski definition) is 3. The highest BCUT2D eigenvalue weighted by molar-refractivity contribution is 5.76. The lowest BCUT2D eigenvalue weighted by Gasteiger charge is -2.32. The fourth-order valence-electron chi connectivity index (χ4n) is 0.806. The number of ether oxygens (including phenoxy) is 2. The van der Waals surface area contributed by atoms with Crippen molar-refractivity contribution in [3.63, 3.8) is 0 Å². The standard InChI is InChI=1S/C7H11FO3/c1-5-3-10-7(2,6(8)9)11-4-5/h5H,3-4H2,1-2H3. The average molecular weight is 162 g/mol. The largest absolute Gasteiger partial charge is 0.360 e. The molecule has 1 aliphatic rings. The summed E-state index contributed by atoms with van der Waals surface area (Å²) in [5.74, 6) is -1.42. The monoisotopic (exact) mass is 162 g/mol. The van der Waals surface area contributed by atoms with Gasteiger partial charge in [0, 0.05) is 12.8 Å². The van der Waals surface area contributed by atoms with E-state index in [-0.39, 0.29) is 5.92 Å². The molecule has 1 heterocycles. The molecule has 0 N–H and O–H groups in total. The van der Waals surface area contributed by atoms with E-state index in [0.29, 0.717) is 13.2 Å². The number of carbonyl (C=O) groups is 1. The summed E-state index contributed by atoms with van der Waals surface area (Å²) in [4.78, 5) is 10.3. The van der Waals surface area contributed by atoms with Crippen LogP contribution >= 0.6 is 0 Å². The summed E-state index contributed by atoms with van der Waals surface area (Å²) in [6.45, 7) is 3.93. The summed E-state index contributed by atoms with van der Waals surface area (Å²) >= 11 is 0. The molecule has 0 aliphatic carbocycles. The third-order valence-corrected chi connectivity index (χ3v) is 1.64. The Morgan fingerprint density at radius 3 is 2.36 bits per heavy atom. The molecule has 1 saturated heterocycles. The van der Waals surface area contributed by atoms with Crippen molar-refractivity contribution in [1.82, 2.24) is 0 Å². The molecule has 0 amide bonds. The van der Waals surface area contributed by atoms with Gasteiger partial charge in [0.2, 0.25) is 0 Å². The second kappa shape index (κ2) is 2.87. The highest BCUT2D eigenvalue weighted by Crippen LogP contribution is 2.22. The Balaban J connectivity index is 2.55. The van der Waals surface area contributed by atoms with Gasteiger partial charge in [0.1, 0.15) is 0 Å². The van der Waals surface area contributed by atoms with Crippen molar-refractivity contribution in [2.75, 3.05) is 13.2 Å². The third-order valence-electron chi connectivity index (χ3n) is 1.64. The van der Waals surface area contributed by atoms with Crippen LogP contribution in [0.15, 0.2) is 0 Å². The van der Waals surface area contributed by atoms with Gasteiger partial charge in [-0.15, -0.1) is 0 Å². The summed E-state index contributed by atoms with van der Waals surface area (Å²) in [5, 5.41) is 0. The van der Waals surface area contributed by atoms with Gasteiger partial charge in [0.25, 0.3) is 5.79 Å². The second-order valence-corrected chi connectivity index (χ2v) is 2.95. The van der Waals surface area contributed by atoms with Crippen LogP contribution in [0.25, 0.3) is 0 Å². The quantitative estimate of drug-likeness (QED) is 0.537. The zero-order valence-electron chi connectivity index (χ0n) is 6.59. The van der Waals surface area contributed by atoms with E-state index >= 15 is 0 Å². The molecule has 0 aromatic rings. The normalized spacial score (nSPS) is 38.6. The molecule has 0 spiro atoms. The summed E-state index contributed by atoms with van der Waals surface area (Å²) in [7, 11) is 0. The van der Waals surface area contributed by atoms with E-state index in [2.05, 4.69) is 0 Å². The molecule has 0 saturated carbocycles. The van der Waals surface area contributed by atoms with E-state index in [1.165, 1.54) is 6.92 Å². The maximum atomic E-state index is 12.2. The van der Waals surface area contributed by atoms with E-state index in [1.807, 2.05) is 6.92 Å². The Labute approximate surface area is 64.5 Å². The summed E-state index contributed by atoms with van der Waals surface area (Å²) in [6.07, 6.45) is 0. The Bertz CT molecular complexity index is 161. The number of carbonyl (C=O) groups excluding carboxylic acids is 1. The number of hydrogen-bond donors (Lipinski definition) is 0. The van der Waals surface area contributed by atoms with Crippen molar-refractivity contribution in [2.24, 2.45) is 5.92 Å². The maximum Gasteiger partial charge on any atom is 0.360 e. The molecule has 0 aromatic heterocycles. The molecule has 0 bridgehead atoms. The summed E-state index contributed by atoms with van der Waals surface area (Å²) < 4.78 is 22.0. The summed E-state index contributed by atoms with van der Waals surface area (Å²) in [6, 6.07) is -1.57. The minimum absolute atomic E-state index is 0.224. The molecular formula is C7H11FO3. The Morgan fingerprint density at radius 2 is 2.00 bits per heavy atom. The Hall–Kier alpha value is -0.480. The lowest BCUT2D eigenvalue weighted by atomic mass is 10.2. The van der Waals surface area contributed by atoms with Gasteiger partial charge in [0.15, 0.2) is 0 Å². The molecule has 1 aliphatic heterocycles. The maximum absolute atomic E-state index is 12.2. The molecule has 0 aromatic carbocycles. The molecule has 64 valence electrons. The van der Waals surface area contributed by atoms with Gasteiger partial charge in [-0.05, 0) is 0 Å². The molecule has 1 fully saturated rings. The van der Waals surface area contributed by atoms with E-state index in [4.69, 9.17) is 9.47 Å². The second-order valence-electron chi connectivity index (χ2n) is 2.95. The zero-order chi connectivity index (χ0) is 8.48. The first kappa shape index (κ1) is 8.62. The van der Waals surface area contributed by atoms with Gasteiger partial charge in [-0.2, -0.15) is 4.39 Å². The van der Waals surface area contributed by atoms with Crippen molar-refractivity contribution in [2.45, 2.75) is 19.6 Å². The SMILES string of the molecule is CC1COC(C)(C(=O)F)OC1.